The molecule has 2 rings (SSSR count). The quantitative estimate of drug-likeness (QED) is 0.850. The van der Waals surface area contributed by atoms with E-state index in [1.165, 1.54) is 5.56 Å². The van der Waals surface area contributed by atoms with Crippen LogP contribution in [-0.4, -0.2) is 47.9 Å². The molecule has 0 spiro atoms. The highest BCUT2D eigenvalue weighted by atomic mass is 16.2. The van der Waals surface area contributed by atoms with Gasteiger partial charge in [-0.2, -0.15) is 0 Å². The molecule has 1 aromatic carbocycles. The lowest BCUT2D eigenvalue weighted by Gasteiger charge is -2.38. The maximum atomic E-state index is 12.4. The summed E-state index contributed by atoms with van der Waals surface area (Å²) < 4.78 is 0. The summed E-state index contributed by atoms with van der Waals surface area (Å²) in [6, 6.07) is 9.27. The Labute approximate surface area is 128 Å². The van der Waals surface area contributed by atoms with E-state index in [0.717, 1.165) is 31.5 Å². The molecule has 1 heterocycles. The van der Waals surface area contributed by atoms with E-state index in [2.05, 4.69) is 49.9 Å². The molecule has 21 heavy (non-hydrogen) atoms. The van der Waals surface area contributed by atoms with Crippen molar-refractivity contribution < 1.29 is 4.79 Å². The topological polar surface area (TPSA) is 23.6 Å². The molecule has 0 aliphatic carbocycles. The van der Waals surface area contributed by atoms with Crippen LogP contribution < -0.4 is 0 Å². The lowest BCUT2D eigenvalue weighted by molar-refractivity contribution is -0.132. The summed E-state index contributed by atoms with van der Waals surface area (Å²) in [5.41, 5.74) is 2.35. The molecule has 0 aromatic heterocycles. The fourth-order valence-electron chi connectivity index (χ4n) is 3.00. The first-order valence-corrected chi connectivity index (χ1v) is 8.02. The number of carbonyl (C=O) groups excluding carboxylic acids is 1. The van der Waals surface area contributed by atoms with E-state index in [1.807, 2.05) is 11.9 Å². The molecule has 1 aliphatic rings. The molecule has 1 aliphatic heterocycles. The highest BCUT2D eigenvalue weighted by molar-refractivity contribution is 5.78. The van der Waals surface area contributed by atoms with Gasteiger partial charge in [0, 0.05) is 32.2 Å². The van der Waals surface area contributed by atoms with E-state index in [4.69, 9.17) is 0 Å². The van der Waals surface area contributed by atoms with Gasteiger partial charge >= 0.3 is 0 Å². The Balaban J connectivity index is 1.87. The van der Waals surface area contributed by atoms with Crippen molar-refractivity contribution in [2.75, 3.05) is 20.1 Å². The number of rotatable bonds is 4. The van der Waals surface area contributed by atoms with E-state index in [9.17, 15) is 4.79 Å². The van der Waals surface area contributed by atoms with Crippen LogP contribution in [-0.2, 0) is 11.2 Å². The van der Waals surface area contributed by atoms with E-state index in [0.29, 0.717) is 18.5 Å². The monoisotopic (exact) mass is 288 g/mol. The van der Waals surface area contributed by atoms with Gasteiger partial charge in [-0.3, -0.25) is 4.79 Å². The molecule has 0 atom stereocenters. The van der Waals surface area contributed by atoms with Crippen LogP contribution in [0, 0.1) is 6.92 Å². The van der Waals surface area contributed by atoms with Crippen LogP contribution in [0.25, 0.3) is 0 Å². The van der Waals surface area contributed by atoms with Gasteiger partial charge in [0.05, 0.1) is 6.42 Å². The predicted octanol–water partition coefficient (Wildman–Crippen LogP) is 2.87. The van der Waals surface area contributed by atoms with Gasteiger partial charge in [-0.05, 0) is 39.2 Å². The summed E-state index contributed by atoms with van der Waals surface area (Å²) in [7, 11) is 1.96. The third-order valence-electron chi connectivity index (χ3n) is 4.65. The average Bonchev–Trinajstić information content (AvgIpc) is 2.49. The summed E-state index contributed by atoms with van der Waals surface area (Å²) in [4.78, 5) is 16.9. The summed E-state index contributed by atoms with van der Waals surface area (Å²) >= 11 is 0. The van der Waals surface area contributed by atoms with Crippen LogP contribution in [0.4, 0.5) is 0 Å². The summed E-state index contributed by atoms with van der Waals surface area (Å²) in [5.74, 6) is 0.238. The molecule has 1 amide bonds. The second-order valence-electron chi connectivity index (χ2n) is 6.53. The number of likely N-dealkylation sites (N-methyl/N-ethyl adjacent to an activating group) is 1. The molecule has 3 nitrogen and oxygen atoms in total. The molecule has 1 fully saturated rings. The average molecular weight is 288 g/mol. The number of amides is 1. The Bertz CT molecular complexity index is 459. The summed E-state index contributed by atoms with van der Waals surface area (Å²) in [6.07, 6.45) is 2.70. The zero-order chi connectivity index (χ0) is 15.4. The number of hydrogen-bond donors (Lipinski definition) is 0. The number of aryl methyl sites for hydroxylation is 1. The number of likely N-dealkylation sites (tertiary alicyclic amines) is 1. The van der Waals surface area contributed by atoms with Crippen molar-refractivity contribution in [3.63, 3.8) is 0 Å². The standard InChI is InChI=1S/C18H28N2O/c1-14(2)20-11-9-17(10-12-20)19(4)18(21)13-16-7-5-15(3)6-8-16/h5-8,14,17H,9-13H2,1-4H3. The minimum atomic E-state index is 0.238. The second-order valence-corrected chi connectivity index (χ2v) is 6.53. The molecular weight excluding hydrogens is 260 g/mol. The van der Waals surface area contributed by atoms with Crippen LogP contribution in [0.1, 0.15) is 37.8 Å². The van der Waals surface area contributed by atoms with Gasteiger partial charge in [-0.25, -0.2) is 0 Å². The van der Waals surface area contributed by atoms with Crippen molar-refractivity contribution in [1.82, 2.24) is 9.80 Å². The van der Waals surface area contributed by atoms with Gasteiger partial charge in [0.15, 0.2) is 0 Å². The predicted molar refractivity (Wildman–Crippen MR) is 87.4 cm³/mol. The fraction of sp³-hybridized carbons (Fsp3) is 0.611. The van der Waals surface area contributed by atoms with Crippen LogP contribution >= 0.6 is 0 Å². The molecule has 0 bridgehead atoms. The van der Waals surface area contributed by atoms with Crippen LogP contribution in [0.2, 0.25) is 0 Å². The lowest BCUT2D eigenvalue weighted by Crippen LogP contribution is -2.47. The van der Waals surface area contributed by atoms with Gasteiger partial charge in [0.25, 0.3) is 0 Å². The van der Waals surface area contributed by atoms with Crippen molar-refractivity contribution in [3.8, 4) is 0 Å². The Morgan fingerprint density at radius 1 is 1.24 bits per heavy atom. The number of carbonyl (C=O) groups is 1. The largest absolute Gasteiger partial charge is 0.342 e. The molecule has 116 valence electrons. The second kappa shape index (κ2) is 7.08. The number of benzene rings is 1. The first-order valence-electron chi connectivity index (χ1n) is 8.02. The maximum absolute atomic E-state index is 12.4. The van der Waals surface area contributed by atoms with Crippen molar-refractivity contribution in [2.24, 2.45) is 0 Å². The normalized spacial score (nSPS) is 17.2. The molecular formula is C18H28N2O. The van der Waals surface area contributed by atoms with Crippen molar-refractivity contribution in [2.45, 2.75) is 52.1 Å². The number of piperidine rings is 1. The first kappa shape index (κ1) is 16.0. The SMILES string of the molecule is Cc1ccc(CC(=O)N(C)C2CCN(C(C)C)CC2)cc1. The smallest absolute Gasteiger partial charge is 0.226 e. The molecule has 0 saturated carbocycles. The molecule has 0 unspecified atom stereocenters. The molecule has 3 heteroatoms. The van der Waals surface area contributed by atoms with Gasteiger partial charge in [0.1, 0.15) is 0 Å². The highest BCUT2D eigenvalue weighted by Gasteiger charge is 2.26. The van der Waals surface area contributed by atoms with Crippen molar-refractivity contribution >= 4 is 5.91 Å². The Morgan fingerprint density at radius 3 is 2.33 bits per heavy atom. The van der Waals surface area contributed by atoms with Gasteiger partial charge < -0.3 is 9.80 Å². The third-order valence-corrected chi connectivity index (χ3v) is 4.65. The summed E-state index contributed by atoms with van der Waals surface area (Å²) in [6.45, 7) is 8.76. The van der Waals surface area contributed by atoms with Gasteiger partial charge in [-0.15, -0.1) is 0 Å². The highest BCUT2D eigenvalue weighted by Crippen LogP contribution is 2.18. The Hall–Kier alpha value is -1.35. The van der Waals surface area contributed by atoms with Gasteiger partial charge in [0.2, 0.25) is 5.91 Å². The number of nitrogens with zero attached hydrogens (tertiary/aromatic N) is 2. The molecule has 0 radical (unpaired) electrons. The maximum Gasteiger partial charge on any atom is 0.226 e. The molecule has 1 aromatic rings. The fourth-order valence-corrected chi connectivity index (χ4v) is 3.00. The van der Waals surface area contributed by atoms with Crippen LogP contribution in [0.5, 0.6) is 0 Å². The summed E-state index contributed by atoms with van der Waals surface area (Å²) in [5, 5.41) is 0. The lowest BCUT2D eigenvalue weighted by atomic mass is 10.0. The Morgan fingerprint density at radius 2 is 1.81 bits per heavy atom. The molecule has 0 N–H and O–H groups in total. The zero-order valence-corrected chi connectivity index (χ0v) is 13.8. The van der Waals surface area contributed by atoms with E-state index < -0.39 is 0 Å². The van der Waals surface area contributed by atoms with E-state index in [-0.39, 0.29) is 5.91 Å². The zero-order valence-electron chi connectivity index (χ0n) is 13.8. The Kier molecular flexibility index (Phi) is 5.40. The van der Waals surface area contributed by atoms with Crippen molar-refractivity contribution in [1.29, 1.82) is 0 Å². The minimum Gasteiger partial charge on any atom is -0.342 e. The first-order chi connectivity index (χ1) is 9.97. The van der Waals surface area contributed by atoms with Crippen LogP contribution in [0.15, 0.2) is 24.3 Å². The number of hydrogen-bond acceptors (Lipinski definition) is 2. The van der Waals surface area contributed by atoms with Crippen LogP contribution in [0.3, 0.4) is 0 Å². The third kappa shape index (κ3) is 4.31. The van der Waals surface area contributed by atoms with E-state index in [1.54, 1.807) is 0 Å². The minimum absolute atomic E-state index is 0.238. The van der Waals surface area contributed by atoms with Gasteiger partial charge in [-0.1, -0.05) is 29.8 Å². The van der Waals surface area contributed by atoms with E-state index >= 15 is 0 Å². The molecule has 1 saturated heterocycles. The van der Waals surface area contributed by atoms with Crippen molar-refractivity contribution in [3.05, 3.63) is 35.4 Å².